The van der Waals surface area contributed by atoms with Gasteiger partial charge in [-0.05, 0) is 53.6 Å². The normalized spacial score (nSPS) is 10.2. The highest BCUT2D eigenvalue weighted by Gasteiger charge is 2.13. The average molecular weight is 335 g/mol. The van der Waals surface area contributed by atoms with E-state index in [9.17, 15) is 4.79 Å². The Labute approximate surface area is 144 Å². The maximum Gasteiger partial charge on any atom is 0.275 e. The van der Waals surface area contributed by atoms with Crippen molar-refractivity contribution in [2.75, 3.05) is 10.8 Å². The molecule has 0 saturated carbocycles. The molecule has 6 nitrogen and oxygen atoms in total. The SMILES string of the molecule is O=C(NO)c1ccc(Nc2ccc(NO)cc2)cc1-c1ccccc1. The molecule has 0 bridgehead atoms. The van der Waals surface area contributed by atoms with Gasteiger partial charge >= 0.3 is 0 Å². The molecule has 0 aromatic heterocycles. The minimum atomic E-state index is -0.566. The minimum Gasteiger partial charge on any atom is -0.356 e. The molecule has 5 N–H and O–H groups in total. The fraction of sp³-hybridized carbons (Fsp3) is 0. The molecule has 0 heterocycles. The summed E-state index contributed by atoms with van der Waals surface area (Å²) in [6, 6.07) is 21.8. The number of rotatable bonds is 5. The van der Waals surface area contributed by atoms with Crippen molar-refractivity contribution < 1.29 is 15.2 Å². The van der Waals surface area contributed by atoms with Crippen LogP contribution in [0, 0.1) is 0 Å². The number of anilines is 3. The molecule has 0 radical (unpaired) electrons. The summed E-state index contributed by atoms with van der Waals surface area (Å²) < 4.78 is 0. The molecule has 0 aliphatic rings. The Hall–Kier alpha value is -3.35. The van der Waals surface area contributed by atoms with Gasteiger partial charge in [0.1, 0.15) is 0 Å². The Morgan fingerprint density at radius 2 is 1.40 bits per heavy atom. The number of hydrogen-bond donors (Lipinski definition) is 5. The van der Waals surface area contributed by atoms with Crippen molar-refractivity contribution >= 4 is 23.0 Å². The van der Waals surface area contributed by atoms with E-state index in [4.69, 9.17) is 10.4 Å². The van der Waals surface area contributed by atoms with Crippen LogP contribution in [0.5, 0.6) is 0 Å². The van der Waals surface area contributed by atoms with Gasteiger partial charge in [0.25, 0.3) is 5.91 Å². The molecule has 3 rings (SSSR count). The highest BCUT2D eigenvalue weighted by atomic mass is 16.5. The Morgan fingerprint density at radius 1 is 0.760 bits per heavy atom. The summed E-state index contributed by atoms with van der Waals surface area (Å²) in [6.07, 6.45) is 0. The predicted octanol–water partition coefficient (Wildman–Crippen LogP) is 4.02. The lowest BCUT2D eigenvalue weighted by Gasteiger charge is -2.13. The molecule has 0 atom stereocenters. The number of amides is 1. The molecule has 1 amide bonds. The van der Waals surface area contributed by atoms with Crippen molar-refractivity contribution in [1.29, 1.82) is 0 Å². The Bertz CT molecular complexity index is 865. The van der Waals surface area contributed by atoms with Gasteiger partial charge in [0, 0.05) is 16.9 Å². The van der Waals surface area contributed by atoms with Crippen LogP contribution in [0.1, 0.15) is 10.4 Å². The zero-order valence-electron chi connectivity index (χ0n) is 13.2. The number of nitrogens with one attached hydrogen (secondary N) is 3. The van der Waals surface area contributed by atoms with E-state index in [-0.39, 0.29) is 0 Å². The van der Waals surface area contributed by atoms with Gasteiger partial charge in [0.05, 0.1) is 5.69 Å². The van der Waals surface area contributed by atoms with Gasteiger partial charge in [-0.1, -0.05) is 30.3 Å². The summed E-state index contributed by atoms with van der Waals surface area (Å²) in [5, 5.41) is 21.1. The van der Waals surface area contributed by atoms with Crippen molar-refractivity contribution in [3.63, 3.8) is 0 Å². The van der Waals surface area contributed by atoms with Gasteiger partial charge in [-0.15, -0.1) is 0 Å². The summed E-state index contributed by atoms with van der Waals surface area (Å²) in [7, 11) is 0. The lowest BCUT2D eigenvalue weighted by atomic mass is 9.98. The van der Waals surface area contributed by atoms with Gasteiger partial charge < -0.3 is 5.32 Å². The third kappa shape index (κ3) is 3.77. The first-order valence-electron chi connectivity index (χ1n) is 7.62. The molecule has 0 fully saturated rings. The van der Waals surface area contributed by atoms with Crippen molar-refractivity contribution in [2.24, 2.45) is 0 Å². The standard InChI is InChI=1S/C19H17N3O3/c23-19(22-25)17-11-10-16(12-18(17)13-4-2-1-3-5-13)20-14-6-8-15(21-24)9-7-14/h1-12,20-21,24-25H,(H,22,23). The maximum absolute atomic E-state index is 11.9. The Balaban J connectivity index is 1.97. The van der Waals surface area contributed by atoms with Crippen molar-refractivity contribution in [3.8, 4) is 11.1 Å². The van der Waals surface area contributed by atoms with Gasteiger partial charge in [-0.25, -0.2) is 5.48 Å². The van der Waals surface area contributed by atoms with Crippen LogP contribution in [0.4, 0.5) is 17.1 Å². The van der Waals surface area contributed by atoms with Gasteiger partial charge in [0.2, 0.25) is 0 Å². The largest absolute Gasteiger partial charge is 0.356 e. The molecule has 0 saturated heterocycles. The number of hydroxylamine groups is 1. The van der Waals surface area contributed by atoms with Crippen LogP contribution < -0.4 is 16.3 Å². The van der Waals surface area contributed by atoms with E-state index < -0.39 is 5.91 Å². The van der Waals surface area contributed by atoms with Crippen LogP contribution in [0.15, 0.2) is 72.8 Å². The first-order valence-corrected chi connectivity index (χ1v) is 7.62. The summed E-state index contributed by atoms with van der Waals surface area (Å²) in [5.74, 6) is -0.566. The molecule has 0 spiro atoms. The second-order valence-electron chi connectivity index (χ2n) is 5.38. The third-order valence-electron chi connectivity index (χ3n) is 3.75. The van der Waals surface area contributed by atoms with E-state index >= 15 is 0 Å². The van der Waals surface area contributed by atoms with E-state index in [1.807, 2.05) is 48.5 Å². The quantitative estimate of drug-likeness (QED) is 0.359. The zero-order valence-corrected chi connectivity index (χ0v) is 13.2. The van der Waals surface area contributed by atoms with Crippen molar-refractivity contribution in [3.05, 3.63) is 78.4 Å². The van der Waals surface area contributed by atoms with Gasteiger partial charge in [-0.3, -0.25) is 20.7 Å². The van der Waals surface area contributed by atoms with Crippen LogP contribution in [0.3, 0.4) is 0 Å². The molecule has 0 aliphatic heterocycles. The highest BCUT2D eigenvalue weighted by molar-refractivity contribution is 6.01. The van der Waals surface area contributed by atoms with Gasteiger partial charge in [-0.2, -0.15) is 0 Å². The fourth-order valence-electron chi connectivity index (χ4n) is 2.53. The summed E-state index contributed by atoms with van der Waals surface area (Å²) >= 11 is 0. The van der Waals surface area contributed by atoms with Crippen LogP contribution in [-0.2, 0) is 0 Å². The molecule has 6 heteroatoms. The maximum atomic E-state index is 11.9. The Kier molecular flexibility index (Phi) is 4.94. The van der Waals surface area contributed by atoms with Crippen LogP contribution in [0.2, 0.25) is 0 Å². The number of carbonyl (C=O) groups is 1. The second kappa shape index (κ2) is 7.48. The first-order chi connectivity index (χ1) is 12.2. The van der Waals surface area contributed by atoms with E-state index in [0.29, 0.717) is 16.8 Å². The van der Waals surface area contributed by atoms with E-state index in [1.54, 1.807) is 29.7 Å². The molecule has 0 aliphatic carbocycles. The highest BCUT2D eigenvalue weighted by Crippen LogP contribution is 2.29. The number of carbonyl (C=O) groups excluding carboxylic acids is 1. The third-order valence-corrected chi connectivity index (χ3v) is 3.75. The van der Waals surface area contributed by atoms with Gasteiger partial charge in [0.15, 0.2) is 0 Å². The summed E-state index contributed by atoms with van der Waals surface area (Å²) in [5.41, 5.74) is 7.91. The molecular formula is C19H17N3O3. The molecule has 3 aromatic rings. The molecular weight excluding hydrogens is 318 g/mol. The first kappa shape index (κ1) is 16.5. The number of hydrogen-bond acceptors (Lipinski definition) is 5. The smallest absolute Gasteiger partial charge is 0.275 e. The van der Waals surface area contributed by atoms with E-state index in [2.05, 4.69) is 10.8 Å². The average Bonchev–Trinajstić information content (AvgIpc) is 2.68. The molecule has 126 valence electrons. The zero-order chi connectivity index (χ0) is 17.6. The minimum absolute atomic E-state index is 0.374. The van der Waals surface area contributed by atoms with Crippen molar-refractivity contribution in [2.45, 2.75) is 0 Å². The van der Waals surface area contributed by atoms with Crippen molar-refractivity contribution in [1.82, 2.24) is 5.48 Å². The molecule has 3 aromatic carbocycles. The molecule has 25 heavy (non-hydrogen) atoms. The second-order valence-corrected chi connectivity index (χ2v) is 5.38. The van der Waals surface area contributed by atoms with Crippen LogP contribution in [0.25, 0.3) is 11.1 Å². The van der Waals surface area contributed by atoms with E-state index in [0.717, 1.165) is 16.9 Å². The summed E-state index contributed by atoms with van der Waals surface area (Å²) in [4.78, 5) is 11.9. The number of benzene rings is 3. The van der Waals surface area contributed by atoms with E-state index in [1.165, 1.54) is 0 Å². The summed E-state index contributed by atoms with van der Waals surface area (Å²) in [6.45, 7) is 0. The molecule has 0 unspecified atom stereocenters. The monoisotopic (exact) mass is 335 g/mol. The Morgan fingerprint density at radius 3 is 2.04 bits per heavy atom. The fourth-order valence-corrected chi connectivity index (χ4v) is 2.53. The van der Waals surface area contributed by atoms with Crippen LogP contribution in [-0.4, -0.2) is 16.3 Å². The lowest BCUT2D eigenvalue weighted by Crippen LogP contribution is -2.19. The topological polar surface area (TPSA) is 93.6 Å². The predicted molar refractivity (Wildman–Crippen MR) is 96.3 cm³/mol. The van der Waals surface area contributed by atoms with Crippen LogP contribution >= 0.6 is 0 Å². The lowest BCUT2D eigenvalue weighted by molar-refractivity contribution is 0.0707.